The van der Waals surface area contributed by atoms with Gasteiger partial charge in [-0.2, -0.15) is 5.10 Å². The highest BCUT2D eigenvalue weighted by Crippen LogP contribution is 2.42. The molecule has 1 amide bonds. The zero-order chi connectivity index (χ0) is 17.3. The number of aromatic nitrogens is 2. The third kappa shape index (κ3) is 3.82. The van der Waals surface area contributed by atoms with Crippen molar-refractivity contribution in [2.75, 3.05) is 18.4 Å². The smallest absolute Gasteiger partial charge is 0.228 e. The Labute approximate surface area is 145 Å². The van der Waals surface area contributed by atoms with Crippen molar-refractivity contribution in [2.24, 2.45) is 23.2 Å². The minimum atomic E-state index is 0.0358. The molecule has 1 unspecified atom stereocenters. The van der Waals surface area contributed by atoms with Gasteiger partial charge in [-0.1, -0.05) is 27.7 Å². The van der Waals surface area contributed by atoms with Crippen molar-refractivity contribution >= 4 is 11.7 Å². The van der Waals surface area contributed by atoms with Crippen molar-refractivity contribution < 1.29 is 4.79 Å². The fourth-order valence-electron chi connectivity index (χ4n) is 4.00. The molecule has 1 aromatic heterocycles. The summed E-state index contributed by atoms with van der Waals surface area (Å²) in [7, 11) is 0. The number of anilines is 1. The van der Waals surface area contributed by atoms with Crippen molar-refractivity contribution in [3.05, 3.63) is 11.8 Å². The van der Waals surface area contributed by atoms with E-state index in [0.717, 1.165) is 19.0 Å². The van der Waals surface area contributed by atoms with E-state index in [9.17, 15) is 4.79 Å². The van der Waals surface area contributed by atoms with Gasteiger partial charge in [0.2, 0.25) is 5.91 Å². The van der Waals surface area contributed by atoms with Crippen molar-refractivity contribution in [1.29, 1.82) is 0 Å². The normalized spacial score (nSPS) is 26.7. The molecule has 2 fully saturated rings. The van der Waals surface area contributed by atoms with Crippen LogP contribution in [-0.4, -0.2) is 29.2 Å². The molecule has 5 nitrogen and oxygen atoms in total. The first-order valence-electron chi connectivity index (χ1n) is 9.41. The standard InChI is InChI=1S/C19H32N4O/c1-12(14-10-20-11-14)18(24)21-17-9-16(22-23-17)13-5-7-15(8-6-13)19(2,3)4/h9,12-15,20H,5-8,10-11H2,1-4H3,(H2,21,22,23,24). The van der Waals surface area contributed by atoms with E-state index in [4.69, 9.17) is 0 Å². The summed E-state index contributed by atoms with van der Waals surface area (Å²) in [5, 5.41) is 13.7. The number of hydrogen-bond donors (Lipinski definition) is 3. The number of carbonyl (C=O) groups is 1. The number of carbonyl (C=O) groups excluding carboxylic acids is 1. The zero-order valence-electron chi connectivity index (χ0n) is 15.5. The predicted molar refractivity (Wildman–Crippen MR) is 96.9 cm³/mol. The second-order valence-corrected chi connectivity index (χ2v) is 8.82. The second-order valence-electron chi connectivity index (χ2n) is 8.82. The Hall–Kier alpha value is -1.36. The van der Waals surface area contributed by atoms with Gasteiger partial charge in [0.15, 0.2) is 5.82 Å². The van der Waals surface area contributed by atoms with Crippen molar-refractivity contribution in [1.82, 2.24) is 15.5 Å². The molecular weight excluding hydrogens is 300 g/mol. The molecule has 2 aliphatic rings. The number of aromatic amines is 1. The van der Waals surface area contributed by atoms with E-state index in [2.05, 4.69) is 41.6 Å². The Balaban J connectivity index is 1.53. The highest BCUT2D eigenvalue weighted by molar-refractivity contribution is 5.91. The van der Waals surface area contributed by atoms with Crippen molar-refractivity contribution in [2.45, 2.75) is 59.3 Å². The van der Waals surface area contributed by atoms with Crippen LogP contribution in [0.5, 0.6) is 0 Å². The Morgan fingerprint density at radius 2 is 1.92 bits per heavy atom. The molecule has 1 saturated carbocycles. The molecule has 1 aliphatic carbocycles. The summed E-state index contributed by atoms with van der Waals surface area (Å²) < 4.78 is 0. The molecule has 1 aromatic rings. The molecule has 1 saturated heterocycles. The quantitative estimate of drug-likeness (QED) is 0.790. The molecule has 0 aromatic carbocycles. The van der Waals surface area contributed by atoms with Gasteiger partial charge < -0.3 is 10.6 Å². The van der Waals surface area contributed by atoms with Gasteiger partial charge in [-0.25, -0.2) is 0 Å². The van der Waals surface area contributed by atoms with Crippen LogP contribution < -0.4 is 10.6 Å². The molecule has 0 spiro atoms. The maximum absolute atomic E-state index is 12.3. The van der Waals surface area contributed by atoms with Crippen LogP contribution >= 0.6 is 0 Å². The van der Waals surface area contributed by atoms with E-state index in [-0.39, 0.29) is 11.8 Å². The molecule has 3 rings (SSSR count). The molecule has 0 radical (unpaired) electrons. The van der Waals surface area contributed by atoms with Gasteiger partial charge in [-0.15, -0.1) is 0 Å². The van der Waals surface area contributed by atoms with E-state index in [1.54, 1.807) is 0 Å². The first-order valence-corrected chi connectivity index (χ1v) is 9.41. The lowest BCUT2D eigenvalue weighted by Crippen LogP contribution is -2.48. The number of hydrogen-bond acceptors (Lipinski definition) is 3. The molecule has 24 heavy (non-hydrogen) atoms. The Morgan fingerprint density at radius 1 is 1.25 bits per heavy atom. The summed E-state index contributed by atoms with van der Waals surface area (Å²) in [4.78, 5) is 12.3. The molecule has 1 aliphatic heterocycles. The largest absolute Gasteiger partial charge is 0.316 e. The van der Waals surface area contributed by atoms with E-state index in [1.807, 2.05) is 13.0 Å². The summed E-state index contributed by atoms with van der Waals surface area (Å²) in [6, 6.07) is 2.03. The van der Waals surface area contributed by atoms with E-state index >= 15 is 0 Å². The van der Waals surface area contributed by atoms with Gasteiger partial charge in [-0.3, -0.25) is 9.89 Å². The van der Waals surface area contributed by atoms with Crippen LogP contribution in [0, 0.1) is 23.2 Å². The Kier molecular flexibility index (Phi) is 5.00. The van der Waals surface area contributed by atoms with E-state index in [1.165, 1.54) is 31.4 Å². The number of rotatable bonds is 4. The molecular formula is C19H32N4O. The van der Waals surface area contributed by atoms with Crippen LogP contribution in [-0.2, 0) is 4.79 Å². The molecule has 3 N–H and O–H groups in total. The lowest BCUT2D eigenvalue weighted by molar-refractivity contribution is -0.121. The fourth-order valence-corrected chi connectivity index (χ4v) is 4.00. The molecule has 2 heterocycles. The average molecular weight is 332 g/mol. The third-order valence-corrected chi connectivity index (χ3v) is 6.17. The first kappa shape index (κ1) is 17.5. The maximum atomic E-state index is 12.3. The number of nitrogens with one attached hydrogen (secondary N) is 3. The highest BCUT2D eigenvalue weighted by Gasteiger charge is 2.31. The van der Waals surface area contributed by atoms with Gasteiger partial charge in [0, 0.05) is 23.6 Å². The Morgan fingerprint density at radius 3 is 2.46 bits per heavy atom. The first-order chi connectivity index (χ1) is 11.3. The van der Waals surface area contributed by atoms with Crippen molar-refractivity contribution in [3.63, 3.8) is 0 Å². The van der Waals surface area contributed by atoms with Crippen LogP contribution in [0.15, 0.2) is 6.07 Å². The summed E-state index contributed by atoms with van der Waals surface area (Å²) >= 11 is 0. The summed E-state index contributed by atoms with van der Waals surface area (Å²) in [5.74, 6) is 2.61. The number of nitrogens with zero attached hydrogens (tertiary/aromatic N) is 1. The second kappa shape index (κ2) is 6.87. The molecule has 134 valence electrons. The molecule has 1 atom stereocenters. The van der Waals surface area contributed by atoms with Crippen LogP contribution in [0.4, 0.5) is 5.82 Å². The van der Waals surface area contributed by atoms with Gasteiger partial charge >= 0.3 is 0 Å². The zero-order valence-corrected chi connectivity index (χ0v) is 15.5. The minimum absolute atomic E-state index is 0.0358. The number of amides is 1. The van der Waals surface area contributed by atoms with Crippen LogP contribution in [0.3, 0.4) is 0 Å². The van der Waals surface area contributed by atoms with Gasteiger partial charge in [-0.05, 0) is 56.0 Å². The minimum Gasteiger partial charge on any atom is -0.316 e. The van der Waals surface area contributed by atoms with Gasteiger partial charge in [0.25, 0.3) is 0 Å². The fraction of sp³-hybridized carbons (Fsp3) is 0.789. The lowest BCUT2D eigenvalue weighted by atomic mass is 9.69. The average Bonchev–Trinajstić information content (AvgIpc) is 2.93. The molecule has 0 bridgehead atoms. The highest BCUT2D eigenvalue weighted by atomic mass is 16.2. The van der Waals surface area contributed by atoms with Crippen molar-refractivity contribution in [3.8, 4) is 0 Å². The maximum Gasteiger partial charge on any atom is 0.228 e. The molecule has 5 heteroatoms. The number of H-pyrrole nitrogens is 1. The SMILES string of the molecule is CC(C(=O)Nc1cc(C2CCC(C(C)(C)C)CC2)[nH]n1)C1CNC1. The third-order valence-electron chi connectivity index (χ3n) is 6.17. The summed E-state index contributed by atoms with van der Waals surface area (Å²) in [6.45, 7) is 10.9. The Bertz CT molecular complexity index is 562. The van der Waals surface area contributed by atoms with Gasteiger partial charge in [0.05, 0.1) is 0 Å². The van der Waals surface area contributed by atoms with E-state index in [0.29, 0.717) is 23.1 Å². The summed E-state index contributed by atoms with van der Waals surface area (Å²) in [6.07, 6.45) is 4.98. The van der Waals surface area contributed by atoms with Gasteiger partial charge in [0.1, 0.15) is 0 Å². The lowest BCUT2D eigenvalue weighted by Gasteiger charge is -2.36. The summed E-state index contributed by atoms with van der Waals surface area (Å²) in [5.41, 5.74) is 1.58. The van der Waals surface area contributed by atoms with E-state index < -0.39 is 0 Å². The van der Waals surface area contributed by atoms with Crippen LogP contribution in [0.1, 0.15) is 65.0 Å². The monoisotopic (exact) mass is 332 g/mol. The van der Waals surface area contributed by atoms with Crippen LogP contribution in [0.2, 0.25) is 0 Å². The topological polar surface area (TPSA) is 69.8 Å². The predicted octanol–water partition coefficient (Wildman–Crippen LogP) is 3.52. The van der Waals surface area contributed by atoms with Crippen LogP contribution in [0.25, 0.3) is 0 Å².